The van der Waals surface area contributed by atoms with Gasteiger partial charge in [0, 0.05) is 5.56 Å². The van der Waals surface area contributed by atoms with Crippen molar-refractivity contribution in [2.24, 2.45) is 5.10 Å². The Bertz CT molecular complexity index is 864. The fraction of sp³-hybridized carbons (Fsp3) is 0.143. The average Bonchev–Trinajstić information content (AvgIpc) is 2.51. The van der Waals surface area contributed by atoms with E-state index in [-0.39, 0.29) is 11.3 Å². The van der Waals surface area contributed by atoms with Crippen LogP contribution in [0.4, 0.5) is 0 Å². The van der Waals surface area contributed by atoms with Crippen LogP contribution in [0.15, 0.2) is 39.0 Å². The monoisotopic (exact) mass is 318 g/mol. The smallest absolute Gasteiger partial charge is 0.328 e. The fourth-order valence-electron chi connectivity index (χ4n) is 1.81. The van der Waals surface area contributed by atoms with E-state index in [9.17, 15) is 19.5 Å². The SMILES string of the molecule is COc1ccc(C(=O)N/N=C(/C)c2c(O)[nH]c(=O)[nH]c2=O)cc1. The Kier molecular flexibility index (Phi) is 4.60. The highest BCUT2D eigenvalue weighted by molar-refractivity contribution is 6.01. The second-order valence-electron chi connectivity index (χ2n) is 4.50. The number of aromatic nitrogens is 2. The molecule has 0 unspecified atom stereocenters. The van der Waals surface area contributed by atoms with Gasteiger partial charge in [-0.15, -0.1) is 0 Å². The lowest BCUT2D eigenvalue weighted by Crippen LogP contribution is -2.28. The summed E-state index contributed by atoms with van der Waals surface area (Å²) in [5.41, 5.74) is 0.729. The van der Waals surface area contributed by atoms with Gasteiger partial charge in [0.05, 0.1) is 12.8 Å². The Morgan fingerprint density at radius 3 is 2.43 bits per heavy atom. The second kappa shape index (κ2) is 6.60. The Hall–Kier alpha value is -3.36. The van der Waals surface area contributed by atoms with Crippen molar-refractivity contribution in [1.82, 2.24) is 15.4 Å². The standard InChI is InChI=1S/C14H14N4O5/c1-7(10-12(20)15-14(22)16-13(10)21)17-18-11(19)8-3-5-9(23-2)6-4-8/h3-6H,1-2H3,(H,18,19)(H3,15,16,20,21,22)/b17-7-. The summed E-state index contributed by atoms with van der Waals surface area (Å²) in [6.07, 6.45) is 0. The number of hydrogen-bond acceptors (Lipinski definition) is 6. The normalized spacial score (nSPS) is 11.1. The van der Waals surface area contributed by atoms with Gasteiger partial charge in [-0.2, -0.15) is 5.10 Å². The molecule has 0 aliphatic carbocycles. The van der Waals surface area contributed by atoms with Crippen molar-refractivity contribution in [1.29, 1.82) is 0 Å². The number of hydrogen-bond donors (Lipinski definition) is 4. The van der Waals surface area contributed by atoms with Crippen LogP contribution in [0.2, 0.25) is 0 Å². The van der Waals surface area contributed by atoms with Crippen molar-refractivity contribution in [3.63, 3.8) is 0 Å². The molecule has 9 heteroatoms. The number of amides is 1. The lowest BCUT2D eigenvalue weighted by atomic mass is 10.2. The fourth-order valence-corrected chi connectivity index (χ4v) is 1.81. The molecular formula is C14H14N4O5. The van der Waals surface area contributed by atoms with Crippen molar-refractivity contribution in [2.75, 3.05) is 7.11 Å². The van der Waals surface area contributed by atoms with E-state index in [1.807, 2.05) is 9.97 Å². The zero-order valence-corrected chi connectivity index (χ0v) is 12.3. The summed E-state index contributed by atoms with van der Waals surface area (Å²) >= 11 is 0. The highest BCUT2D eigenvalue weighted by Gasteiger charge is 2.12. The maximum absolute atomic E-state index is 11.9. The van der Waals surface area contributed by atoms with Crippen LogP contribution in [-0.2, 0) is 0 Å². The third-order valence-corrected chi connectivity index (χ3v) is 2.96. The number of aromatic amines is 2. The van der Waals surface area contributed by atoms with Gasteiger partial charge in [0.1, 0.15) is 11.3 Å². The van der Waals surface area contributed by atoms with Crippen LogP contribution in [0.25, 0.3) is 0 Å². The van der Waals surface area contributed by atoms with Crippen LogP contribution < -0.4 is 21.4 Å². The largest absolute Gasteiger partial charge is 0.497 e. The van der Waals surface area contributed by atoms with Gasteiger partial charge in [0.15, 0.2) is 0 Å². The number of aromatic hydroxyl groups is 1. The highest BCUT2D eigenvalue weighted by atomic mass is 16.5. The van der Waals surface area contributed by atoms with Crippen LogP contribution in [-0.4, -0.2) is 33.8 Å². The molecule has 0 radical (unpaired) electrons. The molecule has 0 bridgehead atoms. The number of nitrogens with one attached hydrogen (secondary N) is 3. The first-order valence-corrected chi connectivity index (χ1v) is 6.47. The Balaban J connectivity index is 2.20. The predicted octanol–water partition coefficient (Wildman–Crippen LogP) is -0.0686. The Morgan fingerprint density at radius 1 is 1.22 bits per heavy atom. The van der Waals surface area contributed by atoms with Crippen molar-refractivity contribution < 1.29 is 14.6 Å². The number of methoxy groups -OCH3 is 1. The second-order valence-corrected chi connectivity index (χ2v) is 4.50. The molecule has 9 nitrogen and oxygen atoms in total. The minimum absolute atomic E-state index is 0.0295. The summed E-state index contributed by atoms with van der Waals surface area (Å²) < 4.78 is 4.99. The van der Waals surface area contributed by atoms with Gasteiger partial charge in [-0.05, 0) is 31.2 Å². The molecule has 1 amide bonds. The number of nitrogens with zero attached hydrogens (tertiary/aromatic N) is 1. The minimum atomic E-state index is -0.841. The molecule has 120 valence electrons. The molecule has 0 saturated heterocycles. The third kappa shape index (κ3) is 3.64. The minimum Gasteiger partial charge on any atom is -0.497 e. The molecule has 1 aromatic heterocycles. The van der Waals surface area contributed by atoms with E-state index in [2.05, 4.69) is 10.5 Å². The van der Waals surface area contributed by atoms with Crippen molar-refractivity contribution >= 4 is 11.6 Å². The molecule has 2 aromatic rings. The van der Waals surface area contributed by atoms with E-state index in [1.54, 1.807) is 24.3 Å². The van der Waals surface area contributed by atoms with Crippen LogP contribution in [0.3, 0.4) is 0 Å². The van der Waals surface area contributed by atoms with Gasteiger partial charge in [-0.25, -0.2) is 10.2 Å². The first-order chi connectivity index (χ1) is 10.9. The van der Waals surface area contributed by atoms with Crippen molar-refractivity contribution in [2.45, 2.75) is 6.92 Å². The van der Waals surface area contributed by atoms with Crippen LogP contribution in [0, 0.1) is 0 Å². The molecule has 2 rings (SSSR count). The number of carbonyl (C=O) groups is 1. The number of benzene rings is 1. The van der Waals surface area contributed by atoms with Gasteiger partial charge >= 0.3 is 5.69 Å². The van der Waals surface area contributed by atoms with Gasteiger partial charge in [0.25, 0.3) is 11.5 Å². The van der Waals surface area contributed by atoms with Crippen molar-refractivity contribution in [3.05, 3.63) is 56.2 Å². The van der Waals surface area contributed by atoms with E-state index < -0.39 is 23.0 Å². The van der Waals surface area contributed by atoms with Gasteiger partial charge in [-0.1, -0.05) is 0 Å². The van der Waals surface area contributed by atoms with Gasteiger partial charge < -0.3 is 9.84 Å². The molecular weight excluding hydrogens is 304 g/mol. The quantitative estimate of drug-likeness (QED) is 0.462. The molecule has 0 aliphatic heterocycles. The molecule has 0 saturated carbocycles. The zero-order chi connectivity index (χ0) is 17.0. The van der Waals surface area contributed by atoms with Crippen LogP contribution in [0.5, 0.6) is 11.6 Å². The summed E-state index contributed by atoms with van der Waals surface area (Å²) in [6, 6.07) is 6.32. The summed E-state index contributed by atoms with van der Waals surface area (Å²) in [5.74, 6) is -0.531. The topological polar surface area (TPSA) is 137 Å². The Labute approximate surface area is 129 Å². The first kappa shape index (κ1) is 16.0. The molecule has 1 aromatic carbocycles. The van der Waals surface area contributed by atoms with E-state index in [1.165, 1.54) is 14.0 Å². The first-order valence-electron chi connectivity index (χ1n) is 6.47. The van der Waals surface area contributed by atoms with Gasteiger partial charge in [-0.3, -0.25) is 19.6 Å². The molecule has 23 heavy (non-hydrogen) atoms. The lowest BCUT2D eigenvalue weighted by Gasteiger charge is -2.04. The van der Waals surface area contributed by atoms with E-state index in [0.717, 1.165) is 0 Å². The Morgan fingerprint density at radius 2 is 1.87 bits per heavy atom. The van der Waals surface area contributed by atoms with Crippen molar-refractivity contribution in [3.8, 4) is 11.6 Å². The number of hydrazone groups is 1. The van der Waals surface area contributed by atoms with E-state index in [0.29, 0.717) is 11.3 Å². The predicted molar refractivity (Wildman–Crippen MR) is 82.0 cm³/mol. The molecule has 1 heterocycles. The van der Waals surface area contributed by atoms with Crippen LogP contribution in [0.1, 0.15) is 22.8 Å². The highest BCUT2D eigenvalue weighted by Crippen LogP contribution is 2.11. The zero-order valence-electron chi connectivity index (χ0n) is 12.3. The number of carbonyl (C=O) groups excluding carboxylic acids is 1. The van der Waals surface area contributed by atoms with E-state index in [4.69, 9.17) is 4.74 Å². The number of rotatable bonds is 4. The van der Waals surface area contributed by atoms with Gasteiger partial charge in [0.2, 0.25) is 5.88 Å². The average molecular weight is 318 g/mol. The molecule has 0 atom stereocenters. The number of ether oxygens (including phenoxy) is 1. The maximum atomic E-state index is 11.9. The van der Waals surface area contributed by atoms with E-state index >= 15 is 0 Å². The molecule has 0 spiro atoms. The molecule has 0 fully saturated rings. The lowest BCUT2D eigenvalue weighted by molar-refractivity contribution is 0.0954. The summed E-state index contributed by atoms with van der Waals surface area (Å²) in [7, 11) is 1.51. The summed E-state index contributed by atoms with van der Waals surface area (Å²) in [5, 5.41) is 13.3. The van der Waals surface area contributed by atoms with Crippen LogP contribution >= 0.6 is 0 Å². The summed E-state index contributed by atoms with van der Waals surface area (Å²) in [6.45, 7) is 1.40. The molecule has 0 aliphatic rings. The maximum Gasteiger partial charge on any atom is 0.328 e. The third-order valence-electron chi connectivity index (χ3n) is 2.96. The number of H-pyrrole nitrogens is 2. The summed E-state index contributed by atoms with van der Waals surface area (Å²) in [4.78, 5) is 38.6. The molecule has 4 N–H and O–H groups in total.